The molecule has 0 radical (unpaired) electrons. The molecule has 17 heavy (non-hydrogen) atoms. The molecule has 2 N–H and O–H groups in total. The van der Waals surface area contributed by atoms with E-state index < -0.39 is 5.82 Å². The minimum Gasteiger partial charge on any atom is -0.311 e. The average Bonchev–Trinajstić information content (AvgIpc) is 2.84. The summed E-state index contributed by atoms with van der Waals surface area (Å²) in [6, 6.07) is 4.79. The SMILES string of the molecule is CNC(Cc1ccc(Cl)c(F)c1)c1cn[nH]n1. The number of nitrogens with one attached hydrogen (secondary N) is 2. The van der Waals surface area contributed by atoms with Gasteiger partial charge in [0.25, 0.3) is 0 Å². The molecule has 0 spiro atoms. The minimum absolute atomic E-state index is 0.00525. The molecule has 4 nitrogen and oxygen atoms in total. The van der Waals surface area contributed by atoms with Crippen molar-refractivity contribution in [3.8, 4) is 0 Å². The molecule has 0 aliphatic carbocycles. The molecule has 1 unspecified atom stereocenters. The second-order valence-electron chi connectivity index (χ2n) is 3.69. The van der Waals surface area contributed by atoms with Crippen molar-refractivity contribution in [1.82, 2.24) is 20.7 Å². The molecule has 0 fully saturated rings. The van der Waals surface area contributed by atoms with Crippen molar-refractivity contribution in [2.24, 2.45) is 0 Å². The number of halogens is 2. The molecule has 0 saturated heterocycles. The monoisotopic (exact) mass is 254 g/mol. The van der Waals surface area contributed by atoms with Gasteiger partial charge in [-0.2, -0.15) is 15.4 Å². The highest BCUT2D eigenvalue weighted by atomic mass is 35.5. The molecule has 1 aromatic heterocycles. The number of benzene rings is 1. The fourth-order valence-electron chi connectivity index (χ4n) is 1.64. The zero-order chi connectivity index (χ0) is 12.3. The van der Waals surface area contributed by atoms with E-state index in [4.69, 9.17) is 11.6 Å². The van der Waals surface area contributed by atoms with Crippen LogP contribution in [0.3, 0.4) is 0 Å². The van der Waals surface area contributed by atoms with E-state index in [9.17, 15) is 4.39 Å². The van der Waals surface area contributed by atoms with Gasteiger partial charge in [-0.25, -0.2) is 4.39 Å². The van der Waals surface area contributed by atoms with E-state index in [1.54, 1.807) is 18.3 Å². The van der Waals surface area contributed by atoms with Crippen LogP contribution < -0.4 is 5.32 Å². The third-order valence-electron chi connectivity index (χ3n) is 2.56. The standard InChI is InChI=1S/C11H12ClFN4/c1-14-10(11-6-15-17-16-11)5-7-2-3-8(12)9(13)4-7/h2-4,6,10,14H,5H2,1H3,(H,15,16,17). The summed E-state index contributed by atoms with van der Waals surface area (Å²) in [5.74, 6) is -0.404. The lowest BCUT2D eigenvalue weighted by molar-refractivity contribution is 0.569. The van der Waals surface area contributed by atoms with Crippen molar-refractivity contribution in [3.63, 3.8) is 0 Å². The summed E-state index contributed by atoms with van der Waals surface area (Å²) in [6.45, 7) is 0. The third-order valence-corrected chi connectivity index (χ3v) is 2.87. The molecule has 0 aliphatic heterocycles. The van der Waals surface area contributed by atoms with Gasteiger partial charge in [-0.3, -0.25) is 0 Å². The van der Waals surface area contributed by atoms with Gasteiger partial charge in [0.15, 0.2) is 0 Å². The lowest BCUT2D eigenvalue weighted by Crippen LogP contribution is -2.19. The predicted octanol–water partition coefficient (Wildman–Crippen LogP) is 2.10. The number of aromatic amines is 1. The van der Waals surface area contributed by atoms with Crippen molar-refractivity contribution in [3.05, 3.63) is 46.5 Å². The van der Waals surface area contributed by atoms with Gasteiger partial charge in [0, 0.05) is 0 Å². The van der Waals surface area contributed by atoms with Crippen LogP contribution >= 0.6 is 11.6 Å². The Morgan fingerprint density at radius 1 is 1.53 bits per heavy atom. The van der Waals surface area contributed by atoms with Crippen LogP contribution in [0.15, 0.2) is 24.4 Å². The van der Waals surface area contributed by atoms with E-state index in [2.05, 4.69) is 20.7 Å². The van der Waals surface area contributed by atoms with Crippen molar-refractivity contribution in [1.29, 1.82) is 0 Å². The van der Waals surface area contributed by atoms with Crippen LogP contribution in [0.2, 0.25) is 5.02 Å². The first kappa shape index (κ1) is 12.0. The average molecular weight is 255 g/mol. The number of nitrogens with zero attached hydrogens (tertiary/aromatic N) is 2. The maximum absolute atomic E-state index is 13.3. The van der Waals surface area contributed by atoms with E-state index in [0.29, 0.717) is 6.42 Å². The summed E-state index contributed by atoms with van der Waals surface area (Å²) in [6.07, 6.45) is 2.27. The molecule has 1 heterocycles. The molecule has 2 rings (SSSR count). The lowest BCUT2D eigenvalue weighted by Gasteiger charge is -2.13. The van der Waals surface area contributed by atoms with E-state index in [0.717, 1.165) is 11.3 Å². The highest BCUT2D eigenvalue weighted by molar-refractivity contribution is 6.30. The van der Waals surface area contributed by atoms with E-state index in [1.807, 2.05) is 7.05 Å². The molecular weight excluding hydrogens is 243 g/mol. The summed E-state index contributed by atoms with van der Waals surface area (Å²) in [7, 11) is 1.83. The van der Waals surface area contributed by atoms with Crippen molar-refractivity contribution >= 4 is 11.6 Å². The van der Waals surface area contributed by atoms with Crippen molar-refractivity contribution in [2.45, 2.75) is 12.5 Å². The smallest absolute Gasteiger partial charge is 0.142 e. The highest BCUT2D eigenvalue weighted by Gasteiger charge is 2.13. The molecule has 0 bridgehead atoms. The van der Waals surface area contributed by atoms with Gasteiger partial charge in [0.05, 0.1) is 23.0 Å². The first-order valence-corrected chi connectivity index (χ1v) is 5.55. The molecule has 1 atom stereocenters. The Kier molecular flexibility index (Phi) is 3.71. The van der Waals surface area contributed by atoms with Gasteiger partial charge in [0.1, 0.15) is 5.82 Å². The number of H-pyrrole nitrogens is 1. The highest BCUT2D eigenvalue weighted by Crippen LogP contribution is 2.20. The molecule has 1 aromatic carbocycles. The predicted molar refractivity (Wildman–Crippen MR) is 63.3 cm³/mol. The van der Waals surface area contributed by atoms with Crippen LogP contribution in [0, 0.1) is 5.82 Å². The minimum atomic E-state index is -0.404. The Hall–Kier alpha value is -1.46. The van der Waals surface area contributed by atoms with E-state index in [1.165, 1.54) is 6.07 Å². The second kappa shape index (κ2) is 5.25. The topological polar surface area (TPSA) is 53.6 Å². The fourth-order valence-corrected chi connectivity index (χ4v) is 1.75. The number of rotatable bonds is 4. The summed E-state index contributed by atoms with van der Waals surface area (Å²) >= 11 is 5.63. The van der Waals surface area contributed by atoms with Gasteiger partial charge in [-0.15, -0.1) is 0 Å². The summed E-state index contributed by atoms with van der Waals surface area (Å²) in [5, 5.41) is 13.6. The summed E-state index contributed by atoms with van der Waals surface area (Å²) in [4.78, 5) is 0. The number of likely N-dealkylation sites (N-methyl/N-ethyl adjacent to an activating group) is 1. The van der Waals surface area contributed by atoms with E-state index >= 15 is 0 Å². The summed E-state index contributed by atoms with van der Waals surface area (Å²) in [5.41, 5.74) is 1.65. The van der Waals surface area contributed by atoms with Crippen molar-refractivity contribution < 1.29 is 4.39 Å². The molecule has 6 heteroatoms. The lowest BCUT2D eigenvalue weighted by atomic mass is 10.0. The van der Waals surface area contributed by atoms with Gasteiger partial charge >= 0.3 is 0 Å². The molecule has 0 amide bonds. The van der Waals surface area contributed by atoms with Gasteiger partial charge < -0.3 is 5.32 Å². The van der Waals surface area contributed by atoms with Crippen LogP contribution in [-0.2, 0) is 6.42 Å². The van der Waals surface area contributed by atoms with Crippen LogP contribution in [0.5, 0.6) is 0 Å². The first-order valence-electron chi connectivity index (χ1n) is 5.17. The molecular formula is C11H12ClFN4. The maximum Gasteiger partial charge on any atom is 0.142 e. The Balaban J connectivity index is 2.16. The molecule has 0 saturated carbocycles. The zero-order valence-corrected chi connectivity index (χ0v) is 10.0. The van der Waals surface area contributed by atoms with Crippen LogP contribution in [0.25, 0.3) is 0 Å². The van der Waals surface area contributed by atoms with E-state index in [-0.39, 0.29) is 11.1 Å². The summed E-state index contributed by atoms with van der Waals surface area (Å²) < 4.78 is 13.3. The van der Waals surface area contributed by atoms with Gasteiger partial charge in [-0.1, -0.05) is 17.7 Å². The van der Waals surface area contributed by atoms with Gasteiger partial charge in [0.2, 0.25) is 0 Å². The third kappa shape index (κ3) is 2.81. The van der Waals surface area contributed by atoms with Crippen LogP contribution in [0.4, 0.5) is 4.39 Å². The molecule has 2 aromatic rings. The Morgan fingerprint density at radius 3 is 2.94 bits per heavy atom. The van der Waals surface area contributed by atoms with Crippen LogP contribution in [0.1, 0.15) is 17.3 Å². The first-order chi connectivity index (χ1) is 8.20. The largest absolute Gasteiger partial charge is 0.311 e. The number of aromatic nitrogens is 3. The number of hydrogen-bond acceptors (Lipinski definition) is 3. The quantitative estimate of drug-likeness (QED) is 0.879. The molecule has 90 valence electrons. The maximum atomic E-state index is 13.3. The Labute approximate surface area is 103 Å². The second-order valence-corrected chi connectivity index (χ2v) is 4.10. The Bertz CT molecular complexity index is 486. The number of hydrogen-bond donors (Lipinski definition) is 2. The van der Waals surface area contributed by atoms with Gasteiger partial charge in [-0.05, 0) is 31.2 Å². The van der Waals surface area contributed by atoms with Crippen molar-refractivity contribution in [2.75, 3.05) is 7.05 Å². The zero-order valence-electron chi connectivity index (χ0n) is 9.24. The fraction of sp³-hybridized carbons (Fsp3) is 0.273. The molecule has 0 aliphatic rings. The Morgan fingerprint density at radius 2 is 2.35 bits per heavy atom. The normalized spacial score (nSPS) is 12.6. The van der Waals surface area contributed by atoms with Crippen LogP contribution in [-0.4, -0.2) is 22.5 Å².